The molecule has 0 aromatic carbocycles. The highest BCUT2D eigenvalue weighted by Gasteiger charge is 2.54. The van der Waals surface area contributed by atoms with Crippen LogP contribution in [0.5, 0.6) is 0 Å². The lowest BCUT2D eigenvalue weighted by Gasteiger charge is -2.41. The molecule has 0 bridgehead atoms. The summed E-state index contributed by atoms with van der Waals surface area (Å²) in [6.07, 6.45) is 3.25. The Hall–Kier alpha value is -0.770. The number of likely N-dealkylation sites (tertiary alicyclic amines) is 1. The molecule has 18 heavy (non-hydrogen) atoms. The minimum absolute atomic E-state index is 0.170. The third-order valence-corrected chi connectivity index (χ3v) is 4.18. The van der Waals surface area contributed by atoms with E-state index in [-0.39, 0.29) is 12.1 Å². The summed E-state index contributed by atoms with van der Waals surface area (Å²) in [4.78, 5) is 14.0. The largest absolute Gasteiger partial charge is 0.444 e. The van der Waals surface area contributed by atoms with Crippen molar-refractivity contribution < 1.29 is 9.53 Å². The Morgan fingerprint density at radius 3 is 2.50 bits per heavy atom. The first kappa shape index (κ1) is 13.7. The van der Waals surface area contributed by atoms with Gasteiger partial charge in [-0.3, -0.25) is 0 Å². The zero-order valence-corrected chi connectivity index (χ0v) is 12.0. The molecule has 2 rings (SSSR count). The summed E-state index contributed by atoms with van der Waals surface area (Å²) in [7, 11) is 0. The van der Waals surface area contributed by atoms with Crippen LogP contribution in [0.2, 0.25) is 0 Å². The molecule has 1 saturated heterocycles. The maximum absolute atomic E-state index is 12.1. The van der Waals surface area contributed by atoms with Crippen molar-refractivity contribution in [1.82, 2.24) is 4.90 Å². The second-order valence-electron chi connectivity index (χ2n) is 7.02. The van der Waals surface area contributed by atoms with E-state index in [1.54, 1.807) is 0 Å². The Kier molecular flexibility index (Phi) is 3.34. The topological polar surface area (TPSA) is 55.6 Å². The molecule has 4 nitrogen and oxygen atoms in total. The predicted octanol–water partition coefficient (Wildman–Crippen LogP) is 2.37. The molecule has 1 aliphatic heterocycles. The van der Waals surface area contributed by atoms with Crippen molar-refractivity contribution in [2.75, 3.05) is 13.1 Å². The summed E-state index contributed by atoms with van der Waals surface area (Å²) in [5, 5.41) is 0. The Labute approximate surface area is 110 Å². The zero-order valence-electron chi connectivity index (χ0n) is 12.0. The summed E-state index contributed by atoms with van der Waals surface area (Å²) in [5.74, 6) is 0.566. The minimum Gasteiger partial charge on any atom is -0.444 e. The molecule has 1 spiro atoms. The highest BCUT2D eigenvalue weighted by Crippen LogP contribution is 2.56. The van der Waals surface area contributed by atoms with Gasteiger partial charge < -0.3 is 15.4 Å². The van der Waals surface area contributed by atoms with E-state index in [1.165, 1.54) is 12.8 Å². The summed E-state index contributed by atoms with van der Waals surface area (Å²) in [5.41, 5.74) is 5.96. The van der Waals surface area contributed by atoms with Crippen molar-refractivity contribution in [2.24, 2.45) is 17.1 Å². The van der Waals surface area contributed by atoms with Crippen molar-refractivity contribution in [1.29, 1.82) is 0 Å². The van der Waals surface area contributed by atoms with E-state index in [4.69, 9.17) is 10.5 Å². The third-order valence-electron chi connectivity index (χ3n) is 4.18. The van der Waals surface area contributed by atoms with Crippen LogP contribution in [0.3, 0.4) is 0 Å². The fourth-order valence-electron chi connectivity index (χ4n) is 3.17. The smallest absolute Gasteiger partial charge is 0.410 e. The molecule has 2 unspecified atom stereocenters. The van der Waals surface area contributed by atoms with Crippen molar-refractivity contribution in [3.63, 3.8) is 0 Å². The molecule has 0 aromatic heterocycles. The minimum atomic E-state index is -0.411. The molecule has 2 aliphatic rings. The van der Waals surface area contributed by atoms with Gasteiger partial charge in [0.15, 0.2) is 0 Å². The molecule has 1 amide bonds. The number of nitrogens with two attached hydrogens (primary N) is 1. The third kappa shape index (κ3) is 2.79. The highest BCUT2D eigenvalue weighted by atomic mass is 16.6. The lowest BCUT2D eigenvalue weighted by atomic mass is 9.78. The second kappa shape index (κ2) is 4.41. The second-order valence-corrected chi connectivity index (χ2v) is 7.02. The fourth-order valence-corrected chi connectivity index (χ4v) is 3.17. The van der Waals surface area contributed by atoms with Gasteiger partial charge in [-0.15, -0.1) is 0 Å². The number of ether oxygens (including phenoxy) is 1. The maximum Gasteiger partial charge on any atom is 0.410 e. The molecule has 4 heteroatoms. The van der Waals surface area contributed by atoms with Crippen LogP contribution in [0.1, 0.15) is 47.0 Å². The van der Waals surface area contributed by atoms with E-state index in [0.29, 0.717) is 11.3 Å². The van der Waals surface area contributed by atoms with Gasteiger partial charge in [0.05, 0.1) is 0 Å². The van der Waals surface area contributed by atoms with Gasteiger partial charge in [-0.2, -0.15) is 0 Å². The van der Waals surface area contributed by atoms with Gasteiger partial charge in [-0.1, -0.05) is 0 Å². The molecule has 104 valence electrons. The van der Waals surface area contributed by atoms with Crippen LogP contribution in [-0.4, -0.2) is 35.7 Å². The molecule has 1 aliphatic carbocycles. The van der Waals surface area contributed by atoms with Crippen molar-refractivity contribution in [2.45, 2.75) is 58.6 Å². The average Bonchev–Trinajstić information content (AvgIpc) is 2.95. The van der Waals surface area contributed by atoms with Gasteiger partial charge in [0, 0.05) is 19.1 Å². The number of rotatable bonds is 1. The van der Waals surface area contributed by atoms with Crippen LogP contribution in [0, 0.1) is 11.3 Å². The number of carbonyl (C=O) groups is 1. The molecule has 1 saturated carbocycles. The Morgan fingerprint density at radius 2 is 2.06 bits per heavy atom. The number of hydrogen-bond acceptors (Lipinski definition) is 3. The monoisotopic (exact) mass is 254 g/mol. The van der Waals surface area contributed by atoms with Crippen LogP contribution >= 0.6 is 0 Å². The number of hydrogen-bond donors (Lipinski definition) is 1. The van der Waals surface area contributed by atoms with Crippen LogP contribution in [0.4, 0.5) is 4.79 Å². The molecule has 2 fully saturated rings. The van der Waals surface area contributed by atoms with Gasteiger partial charge in [0.2, 0.25) is 0 Å². The molecular formula is C14H26N2O2. The van der Waals surface area contributed by atoms with Gasteiger partial charge in [-0.05, 0) is 58.3 Å². The molecule has 2 N–H and O–H groups in total. The summed E-state index contributed by atoms with van der Waals surface area (Å²) in [6, 6.07) is 0.230. The van der Waals surface area contributed by atoms with E-state index < -0.39 is 5.60 Å². The maximum atomic E-state index is 12.1. The van der Waals surface area contributed by atoms with Gasteiger partial charge in [-0.25, -0.2) is 4.79 Å². The van der Waals surface area contributed by atoms with Gasteiger partial charge in [0.1, 0.15) is 5.60 Å². The van der Waals surface area contributed by atoms with E-state index in [1.807, 2.05) is 25.7 Å². The molecule has 2 atom stereocenters. The van der Waals surface area contributed by atoms with Crippen molar-refractivity contribution in [3.05, 3.63) is 0 Å². The van der Waals surface area contributed by atoms with Gasteiger partial charge in [0.25, 0.3) is 0 Å². The van der Waals surface area contributed by atoms with Crippen LogP contribution in [-0.2, 0) is 4.74 Å². The lowest BCUT2D eigenvalue weighted by Crippen LogP contribution is -2.50. The zero-order chi connectivity index (χ0) is 13.6. The molecular weight excluding hydrogens is 228 g/mol. The van der Waals surface area contributed by atoms with Crippen LogP contribution in [0.15, 0.2) is 0 Å². The Balaban J connectivity index is 1.97. The number of nitrogens with zero attached hydrogens (tertiary/aromatic N) is 1. The average molecular weight is 254 g/mol. The fraction of sp³-hybridized carbons (Fsp3) is 0.929. The Morgan fingerprint density at radius 1 is 1.44 bits per heavy atom. The quantitative estimate of drug-likeness (QED) is 0.781. The van der Waals surface area contributed by atoms with Gasteiger partial charge >= 0.3 is 6.09 Å². The highest BCUT2D eigenvalue weighted by molar-refractivity contribution is 5.68. The SMILES string of the molecule is CC(N)C1CCN(C(=O)OC(C)(C)C)CC12CC2. The van der Waals surface area contributed by atoms with Crippen LogP contribution < -0.4 is 5.73 Å². The lowest BCUT2D eigenvalue weighted by molar-refractivity contribution is 0.00499. The molecule has 0 radical (unpaired) electrons. The normalized spacial score (nSPS) is 28.1. The number of piperidine rings is 1. The molecule has 1 heterocycles. The predicted molar refractivity (Wildman–Crippen MR) is 71.2 cm³/mol. The van der Waals surface area contributed by atoms with E-state index in [2.05, 4.69) is 6.92 Å². The summed E-state index contributed by atoms with van der Waals surface area (Å²) < 4.78 is 5.45. The first-order chi connectivity index (χ1) is 8.23. The molecule has 0 aromatic rings. The number of carbonyl (C=O) groups excluding carboxylic acids is 1. The summed E-state index contributed by atoms with van der Waals surface area (Å²) >= 11 is 0. The van der Waals surface area contributed by atoms with E-state index in [9.17, 15) is 4.79 Å². The van der Waals surface area contributed by atoms with Crippen molar-refractivity contribution >= 4 is 6.09 Å². The van der Waals surface area contributed by atoms with Crippen molar-refractivity contribution in [3.8, 4) is 0 Å². The van der Waals surface area contributed by atoms with Crippen LogP contribution in [0.25, 0.3) is 0 Å². The first-order valence-electron chi connectivity index (χ1n) is 6.97. The first-order valence-corrected chi connectivity index (χ1v) is 6.97. The summed E-state index contributed by atoms with van der Waals surface area (Å²) in [6.45, 7) is 9.43. The van der Waals surface area contributed by atoms with E-state index in [0.717, 1.165) is 19.5 Å². The number of amides is 1. The van der Waals surface area contributed by atoms with E-state index >= 15 is 0 Å². The Bertz CT molecular complexity index is 329. The standard InChI is InChI=1S/C14H26N2O2/c1-10(15)11-5-8-16(9-14(11)6-7-14)12(17)18-13(2,3)4/h10-11H,5-9,15H2,1-4H3.